The summed E-state index contributed by atoms with van der Waals surface area (Å²) in [6.45, 7) is -0.261. The van der Waals surface area contributed by atoms with Crippen LogP contribution < -0.4 is 4.74 Å². The maximum atomic E-state index is 10.2. The monoisotopic (exact) mass is 359 g/mol. The minimum Gasteiger partial charge on any atom is -0.471 e. The molecule has 3 aromatic rings. The molecular formula is C16H17N5O5. The highest BCUT2D eigenvalue weighted by Gasteiger charge is 2.44. The molecule has 3 N–H and O–H groups in total. The van der Waals surface area contributed by atoms with Crippen LogP contribution in [0.4, 0.5) is 0 Å². The number of nitrogens with zero attached hydrogens (tertiary/aromatic N) is 5. The second kappa shape index (κ2) is 6.92. The molecule has 10 heteroatoms. The van der Waals surface area contributed by atoms with Gasteiger partial charge < -0.3 is 24.8 Å². The van der Waals surface area contributed by atoms with Gasteiger partial charge >= 0.3 is 0 Å². The van der Waals surface area contributed by atoms with Crippen LogP contribution in [0, 0.1) is 0 Å². The first-order valence-corrected chi connectivity index (χ1v) is 8.01. The third-order valence-electron chi connectivity index (χ3n) is 4.22. The predicted octanol–water partition coefficient (Wildman–Crippen LogP) is -0.588. The normalized spacial score (nSPS) is 25.7. The molecule has 136 valence electrons. The van der Waals surface area contributed by atoms with Crippen LogP contribution in [-0.4, -0.2) is 64.7 Å². The van der Waals surface area contributed by atoms with Crippen LogP contribution in [0.5, 0.6) is 5.88 Å². The first kappa shape index (κ1) is 16.8. The molecule has 4 rings (SSSR count). The van der Waals surface area contributed by atoms with Gasteiger partial charge in [-0.1, -0.05) is 6.07 Å². The van der Waals surface area contributed by atoms with Crippen molar-refractivity contribution in [2.24, 2.45) is 0 Å². The molecule has 0 amide bonds. The van der Waals surface area contributed by atoms with E-state index in [9.17, 15) is 15.3 Å². The minimum absolute atomic E-state index is 0.142. The molecule has 0 radical (unpaired) electrons. The van der Waals surface area contributed by atoms with Crippen molar-refractivity contribution in [1.29, 1.82) is 0 Å². The zero-order valence-corrected chi connectivity index (χ0v) is 13.6. The summed E-state index contributed by atoms with van der Waals surface area (Å²) < 4.78 is 12.6. The lowest BCUT2D eigenvalue weighted by molar-refractivity contribution is -0.0511. The Morgan fingerprint density at radius 1 is 1.12 bits per heavy atom. The maximum absolute atomic E-state index is 10.2. The van der Waals surface area contributed by atoms with Crippen molar-refractivity contribution < 1.29 is 24.8 Å². The summed E-state index contributed by atoms with van der Waals surface area (Å²) in [5, 5.41) is 29.4. The number of rotatable bonds is 5. The van der Waals surface area contributed by atoms with Crippen LogP contribution in [0.15, 0.2) is 37.1 Å². The van der Waals surface area contributed by atoms with Gasteiger partial charge in [-0.3, -0.25) is 4.57 Å². The van der Waals surface area contributed by atoms with Gasteiger partial charge in [-0.25, -0.2) is 19.9 Å². The molecule has 0 saturated carbocycles. The first-order valence-electron chi connectivity index (χ1n) is 8.01. The highest BCUT2D eigenvalue weighted by atomic mass is 16.6. The second-order valence-corrected chi connectivity index (χ2v) is 5.83. The van der Waals surface area contributed by atoms with E-state index in [-0.39, 0.29) is 6.61 Å². The van der Waals surface area contributed by atoms with E-state index in [1.807, 2.05) is 6.07 Å². The van der Waals surface area contributed by atoms with Crippen LogP contribution >= 0.6 is 0 Å². The van der Waals surface area contributed by atoms with Gasteiger partial charge in [0.25, 0.3) is 0 Å². The van der Waals surface area contributed by atoms with Gasteiger partial charge in [-0.15, -0.1) is 0 Å². The van der Waals surface area contributed by atoms with Crippen molar-refractivity contribution in [2.75, 3.05) is 6.61 Å². The third-order valence-corrected chi connectivity index (χ3v) is 4.22. The molecule has 1 aliphatic heterocycles. The van der Waals surface area contributed by atoms with Crippen molar-refractivity contribution in [2.45, 2.75) is 31.1 Å². The fraction of sp³-hybridized carbons (Fsp3) is 0.375. The van der Waals surface area contributed by atoms with E-state index in [4.69, 9.17) is 9.47 Å². The number of hydrogen-bond donors (Lipinski definition) is 3. The number of aliphatic hydroxyl groups is 3. The quantitative estimate of drug-likeness (QED) is 0.546. The topological polar surface area (TPSA) is 136 Å². The zero-order valence-electron chi connectivity index (χ0n) is 13.6. The van der Waals surface area contributed by atoms with E-state index in [1.165, 1.54) is 17.2 Å². The van der Waals surface area contributed by atoms with Crippen LogP contribution in [0.2, 0.25) is 0 Å². The van der Waals surface area contributed by atoms with Gasteiger partial charge in [0, 0.05) is 12.3 Å². The molecule has 26 heavy (non-hydrogen) atoms. The highest BCUT2D eigenvalue weighted by molar-refractivity contribution is 5.73. The minimum atomic E-state index is -1.22. The third kappa shape index (κ3) is 2.88. The second-order valence-electron chi connectivity index (χ2n) is 5.83. The molecule has 1 saturated heterocycles. The Bertz CT molecular complexity index is 889. The van der Waals surface area contributed by atoms with Crippen LogP contribution in [0.3, 0.4) is 0 Å². The van der Waals surface area contributed by atoms with Gasteiger partial charge in [0.15, 0.2) is 11.9 Å². The molecule has 0 aliphatic carbocycles. The number of hydrogen-bond acceptors (Lipinski definition) is 9. The van der Waals surface area contributed by atoms with Crippen LogP contribution in [0.1, 0.15) is 11.9 Å². The van der Waals surface area contributed by atoms with Crippen LogP contribution in [0.25, 0.3) is 11.2 Å². The number of imidazole rings is 1. The smallest absolute Gasteiger partial charge is 0.213 e. The molecule has 3 aromatic heterocycles. The Hall–Kier alpha value is -2.66. The van der Waals surface area contributed by atoms with Gasteiger partial charge in [0.05, 0.1) is 12.9 Å². The summed E-state index contributed by atoms with van der Waals surface area (Å²) in [6, 6.07) is 5.34. The first-order chi connectivity index (χ1) is 12.7. The Morgan fingerprint density at radius 2 is 2.00 bits per heavy atom. The molecule has 0 aromatic carbocycles. The number of aliphatic hydroxyl groups excluding tert-OH is 3. The lowest BCUT2D eigenvalue weighted by atomic mass is 10.1. The summed E-state index contributed by atoms with van der Waals surface area (Å²) in [7, 11) is 0. The lowest BCUT2D eigenvalue weighted by Crippen LogP contribution is -2.33. The fourth-order valence-electron chi connectivity index (χ4n) is 2.88. The van der Waals surface area contributed by atoms with E-state index in [0.717, 1.165) is 0 Å². The lowest BCUT2D eigenvalue weighted by Gasteiger charge is -2.16. The number of fused-ring (bicyclic) bond motifs is 1. The van der Waals surface area contributed by atoms with E-state index in [0.29, 0.717) is 22.7 Å². The molecule has 0 spiro atoms. The summed E-state index contributed by atoms with van der Waals surface area (Å²) in [6.07, 6.45) is 0.237. The molecular weight excluding hydrogens is 342 g/mol. The average molecular weight is 359 g/mol. The molecule has 10 nitrogen and oxygen atoms in total. The van der Waals surface area contributed by atoms with Gasteiger partial charge in [-0.2, -0.15) is 0 Å². The van der Waals surface area contributed by atoms with Gasteiger partial charge in [0.1, 0.15) is 42.5 Å². The Morgan fingerprint density at radius 3 is 2.73 bits per heavy atom. The number of aromatic nitrogens is 5. The van der Waals surface area contributed by atoms with Crippen molar-refractivity contribution in [3.63, 3.8) is 0 Å². The molecule has 1 fully saturated rings. The Kier molecular flexibility index (Phi) is 4.47. The van der Waals surface area contributed by atoms with E-state index in [2.05, 4.69) is 19.9 Å². The van der Waals surface area contributed by atoms with Crippen molar-refractivity contribution >= 4 is 11.2 Å². The fourth-order valence-corrected chi connectivity index (χ4v) is 2.88. The average Bonchev–Trinajstić information content (AvgIpc) is 3.23. The molecule has 4 atom stereocenters. The summed E-state index contributed by atoms with van der Waals surface area (Å²) >= 11 is 0. The zero-order chi connectivity index (χ0) is 18.1. The molecule has 4 heterocycles. The summed E-state index contributed by atoms with van der Waals surface area (Å²) in [4.78, 5) is 16.8. The van der Waals surface area contributed by atoms with Crippen molar-refractivity contribution in [3.05, 3.63) is 42.7 Å². The molecule has 1 aliphatic rings. The standard InChI is InChI=1S/C16H17N5O5/c22-5-10-13(23)14(24)16(26-10)21-8-20-12-9(18-7-19-15(12)21)6-25-11-3-1-2-4-17-11/h1-4,7-8,10,13-14,16,22-24H,5-6H2/t10-,13-,14-,16-/m1/s1. The SMILES string of the molecule is OC[C@H]1O[C@@H](n2cnc3c(COc4ccccn4)ncnc32)[C@H](O)[C@@H]1O. The largest absolute Gasteiger partial charge is 0.471 e. The van der Waals surface area contributed by atoms with E-state index < -0.39 is 31.1 Å². The van der Waals surface area contributed by atoms with Crippen LogP contribution in [-0.2, 0) is 11.3 Å². The molecule has 0 unspecified atom stereocenters. The van der Waals surface area contributed by atoms with Gasteiger partial charge in [0.2, 0.25) is 5.88 Å². The van der Waals surface area contributed by atoms with Crippen molar-refractivity contribution in [3.8, 4) is 5.88 Å². The highest BCUT2D eigenvalue weighted by Crippen LogP contribution is 2.31. The van der Waals surface area contributed by atoms with E-state index >= 15 is 0 Å². The maximum Gasteiger partial charge on any atom is 0.213 e. The van der Waals surface area contributed by atoms with E-state index in [1.54, 1.807) is 18.3 Å². The molecule has 0 bridgehead atoms. The Labute approximate surface area is 147 Å². The predicted molar refractivity (Wildman–Crippen MR) is 86.9 cm³/mol. The summed E-state index contributed by atoms with van der Waals surface area (Å²) in [5.41, 5.74) is 1.46. The Balaban J connectivity index is 1.61. The van der Waals surface area contributed by atoms with Gasteiger partial charge in [-0.05, 0) is 6.07 Å². The van der Waals surface area contributed by atoms with Crippen molar-refractivity contribution in [1.82, 2.24) is 24.5 Å². The number of ether oxygens (including phenoxy) is 2. The summed E-state index contributed by atoms with van der Waals surface area (Å²) in [5.74, 6) is 0.460. The number of pyridine rings is 1.